The summed E-state index contributed by atoms with van der Waals surface area (Å²) in [6.07, 6.45) is 0.790. The van der Waals surface area contributed by atoms with Crippen LogP contribution in [-0.2, 0) is 9.53 Å². The third kappa shape index (κ3) is 2.05. The summed E-state index contributed by atoms with van der Waals surface area (Å²) in [6, 6.07) is 17.9. The number of anilines is 1. The van der Waals surface area contributed by atoms with Gasteiger partial charge in [0.25, 0.3) is 0 Å². The molecule has 0 saturated carbocycles. The maximum Gasteiger partial charge on any atom is 0.238 e. The summed E-state index contributed by atoms with van der Waals surface area (Å²) in [7, 11) is 1.64. The van der Waals surface area contributed by atoms with Gasteiger partial charge in [-0.2, -0.15) is 0 Å². The van der Waals surface area contributed by atoms with E-state index in [1.807, 2.05) is 47.4 Å². The van der Waals surface area contributed by atoms with Crippen LogP contribution in [0, 0.1) is 5.41 Å². The summed E-state index contributed by atoms with van der Waals surface area (Å²) in [4.78, 5) is 14.8. The minimum absolute atomic E-state index is 0.0343. The number of hydrogen-bond donors (Lipinski definition) is 0. The van der Waals surface area contributed by atoms with Gasteiger partial charge in [-0.15, -0.1) is 0 Å². The number of rotatable bonds is 3. The molecule has 0 aliphatic carbocycles. The molecule has 2 fully saturated rings. The third-order valence-corrected chi connectivity index (χ3v) is 4.94. The zero-order valence-electron chi connectivity index (χ0n) is 13.1. The van der Waals surface area contributed by atoms with Crippen molar-refractivity contribution in [1.29, 1.82) is 0 Å². The number of hydrogen-bond acceptors (Lipinski definition) is 3. The molecule has 4 nitrogen and oxygen atoms in total. The SMILES string of the molecule is COc1ccc(N2C(=O)[C@]3(CCOC3)[C@@H]2c2ccccc2)cc1. The fourth-order valence-corrected chi connectivity index (χ4v) is 3.73. The molecule has 0 aromatic heterocycles. The standard InChI is InChI=1S/C19H19NO3/c1-22-16-9-7-15(8-10-16)20-17(14-5-3-2-4-6-14)19(18(20)21)11-12-23-13-19/h2-10,17H,11-13H2,1H3/t17-,19-/m0/s1. The van der Waals surface area contributed by atoms with Crippen molar-refractivity contribution in [3.8, 4) is 5.75 Å². The maximum absolute atomic E-state index is 12.9. The minimum atomic E-state index is -0.402. The highest BCUT2D eigenvalue weighted by Crippen LogP contribution is 2.56. The van der Waals surface area contributed by atoms with Gasteiger partial charge in [-0.05, 0) is 36.2 Å². The van der Waals surface area contributed by atoms with Crippen LogP contribution in [0.4, 0.5) is 5.69 Å². The lowest BCUT2D eigenvalue weighted by Gasteiger charge is -2.54. The van der Waals surface area contributed by atoms with Crippen LogP contribution in [-0.4, -0.2) is 26.2 Å². The van der Waals surface area contributed by atoms with Gasteiger partial charge in [-0.1, -0.05) is 30.3 Å². The van der Waals surface area contributed by atoms with Crippen molar-refractivity contribution in [3.05, 3.63) is 60.2 Å². The molecule has 118 valence electrons. The molecular formula is C19H19NO3. The van der Waals surface area contributed by atoms with E-state index >= 15 is 0 Å². The first-order valence-corrected chi connectivity index (χ1v) is 7.87. The topological polar surface area (TPSA) is 38.8 Å². The second-order valence-electron chi connectivity index (χ2n) is 6.15. The lowest BCUT2D eigenvalue weighted by atomic mass is 9.67. The first-order chi connectivity index (χ1) is 11.3. The average molecular weight is 309 g/mol. The van der Waals surface area contributed by atoms with Crippen molar-refractivity contribution in [2.24, 2.45) is 5.41 Å². The summed E-state index contributed by atoms with van der Waals surface area (Å²) in [5, 5.41) is 0. The van der Waals surface area contributed by atoms with E-state index in [0.717, 1.165) is 23.4 Å². The molecule has 0 radical (unpaired) electrons. The normalized spacial score (nSPS) is 26.4. The van der Waals surface area contributed by atoms with E-state index < -0.39 is 5.41 Å². The molecule has 2 aromatic rings. The Kier molecular flexibility index (Phi) is 3.34. The molecule has 4 rings (SSSR count). The largest absolute Gasteiger partial charge is 0.497 e. The molecule has 2 saturated heterocycles. The first-order valence-electron chi connectivity index (χ1n) is 7.87. The molecule has 4 heteroatoms. The number of carbonyl (C=O) groups is 1. The quantitative estimate of drug-likeness (QED) is 0.817. The number of ether oxygens (including phenoxy) is 2. The zero-order chi connectivity index (χ0) is 15.9. The fourth-order valence-electron chi connectivity index (χ4n) is 3.73. The molecule has 0 bridgehead atoms. The summed E-state index contributed by atoms with van der Waals surface area (Å²) in [5.74, 6) is 0.950. The van der Waals surface area contributed by atoms with E-state index in [1.54, 1.807) is 7.11 Å². The van der Waals surface area contributed by atoms with Crippen molar-refractivity contribution < 1.29 is 14.3 Å². The van der Waals surface area contributed by atoms with Gasteiger partial charge in [0, 0.05) is 12.3 Å². The van der Waals surface area contributed by atoms with Crippen LogP contribution >= 0.6 is 0 Å². The number of nitrogens with zero attached hydrogens (tertiary/aromatic N) is 1. The van der Waals surface area contributed by atoms with Gasteiger partial charge < -0.3 is 14.4 Å². The van der Waals surface area contributed by atoms with E-state index in [2.05, 4.69) is 12.1 Å². The number of benzene rings is 2. The van der Waals surface area contributed by atoms with Crippen molar-refractivity contribution in [2.75, 3.05) is 25.2 Å². The van der Waals surface area contributed by atoms with Crippen molar-refractivity contribution in [3.63, 3.8) is 0 Å². The number of methoxy groups -OCH3 is 1. The molecule has 0 unspecified atom stereocenters. The van der Waals surface area contributed by atoms with Gasteiger partial charge in [0.2, 0.25) is 5.91 Å². The third-order valence-electron chi connectivity index (χ3n) is 4.94. The van der Waals surface area contributed by atoms with Gasteiger partial charge in [0.15, 0.2) is 0 Å². The Hall–Kier alpha value is -2.33. The molecule has 1 amide bonds. The van der Waals surface area contributed by atoms with Crippen LogP contribution in [0.5, 0.6) is 5.75 Å². The highest BCUT2D eigenvalue weighted by atomic mass is 16.5. The number of carbonyl (C=O) groups excluding carboxylic acids is 1. The molecule has 23 heavy (non-hydrogen) atoms. The lowest BCUT2D eigenvalue weighted by Crippen LogP contribution is -2.64. The van der Waals surface area contributed by atoms with E-state index in [0.29, 0.717) is 13.2 Å². The van der Waals surface area contributed by atoms with Crippen molar-refractivity contribution in [2.45, 2.75) is 12.5 Å². The van der Waals surface area contributed by atoms with Crippen molar-refractivity contribution >= 4 is 11.6 Å². The van der Waals surface area contributed by atoms with E-state index in [4.69, 9.17) is 9.47 Å². The summed E-state index contributed by atoms with van der Waals surface area (Å²) >= 11 is 0. The highest BCUT2D eigenvalue weighted by molar-refractivity contribution is 6.06. The van der Waals surface area contributed by atoms with Gasteiger partial charge in [-0.25, -0.2) is 0 Å². The number of β-lactam (4-membered cyclic amide) rings is 1. The Morgan fingerprint density at radius 1 is 1.13 bits per heavy atom. The lowest BCUT2D eigenvalue weighted by molar-refractivity contribution is -0.140. The first kappa shape index (κ1) is 14.3. The maximum atomic E-state index is 12.9. The average Bonchev–Trinajstić information content (AvgIpc) is 3.12. The molecular weight excluding hydrogens is 290 g/mol. The van der Waals surface area contributed by atoms with E-state index in [-0.39, 0.29) is 11.9 Å². The molecule has 2 aliphatic heterocycles. The minimum Gasteiger partial charge on any atom is -0.497 e. The van der Waals surface area contributed by atoms with Crippen LogP contribution in [0.1, 0.15) is 18.0 Å². The summed E-state index contributed by atoms with van der Waals surface area (Å²) < 4.78 is 10.8. The van der Waals surface area contributed by atoms with Crippen LogP contribution in [0.25, 0.3) is 0 Å². The van der Waals surface area contributed by atoms with Gasteiger partial charge >= 0.3 is 0 Å². The molecule has 2 aliphatic rings. The second kappa shape index (κ2) is 5.39. The Morgan fingerprint density at radius 2 is 1.87 bits per heavy atom. The Morgan fingerprint density at radius 3 is 2.48 bits per heavy atom. The Bertz CT molecular complexity index is 705. The van der Waals surface area contributed by atoms with Crippen LogP contribution in [0.3, 0.4) is 0 Å². The van der Waals surface area contributed by atoms with E-state index in [1.165, 1.54) is 0 Å². The van der Waals surface area contributed by atoms with Crippen LogP contribution < -0.4 is 9.64 Å². The van der Waals surface area contributed by atoms with Crippen LogP contribution in [0.15, 0.2) is 54.6 Å². The highest BCUT2D eigenvalue weighted by Gasteiger charge is 2.63. The zero-order valence-corrected chi connectivity index (χ0v) is 13.1. The Labute approximate surface area is 135 Å². The van der Waals surface area contributed by atoms with Crippen LogP contribution in [0.2, 0.25) is 0 Å². The molecule has 0 N–H and O–H groups in total. The summed E-state index contributed by atoms with van der Waals surface area (Å²) in [6.45, 7) is 1.17. The van der Waals surface area contributed by atoms with Crippen molar-refractivity contribution in [1.82, 2.24) is 0 Å². The van der Waals surface area contributed by atoms with Gasteiger partial charge in [0.1, 0.15) is 11.2 Å². The molecule has 2 aromatic carbocycles. The number of amides is 1. The summed E-state index contributed by atoms with van der Waals surface area (Å²) in [5.41, 5.74) is 1.66. The predicted octanol–water partition coefficient (Wildman–Crippen LogP) is 3.19. The fraction of sp³-hybridized carbons (Fsp3) is 0.316. The van der Waals surface area contributed by atoms with Gasteiger partial charge in [-0.3, -0.25) is 4.79 Å². The predicted molar refractivity (Wildman–Crippen MR) is 87.5 cm³/mol. The second-order valence-corrected chi connectivity index (χ2v) is 6.15. The molecule has 1 spiro atoms. The molecule has 2 atom stereocenters. The Balaban J connectivity index is 1.74. The molecule has 2 heterocycles. The smallest absolute Gasteiger partial charge is 0.238 e. The van der Waals surface area contributed by atoms with E-state index in [9.17, 15) is 4.79 Å². The monoisotopic (exact) mass is 309 g/mol. The van der Waals surface area contributed by atoms with Gasteiger partial charge in [0.05, 0.1) is 19.8 Å².